The van der Waals surface area contributed by atoms with Crippen LogP contribution in [0.2, 0.25) is 0 Å². The lowest BCUT2D eigenvalue weighted by Crippen LogP contribution is -1.98. The minimum Gasteiger partial charge on any atom is -0.489 e. The van der Waals surface area contributed by atoms with Crippen LogP contribution in [0.4, 0.5) is 4.39 Å². The molecule has 0 N–H and O–H groups in total. The van der Waals surface area contributed by atoms with Crippen molar-refractivity contribution in [2.45, 2.75) is 20.5 Å². The van der Waals surface area contributed by atoms with Gasteiger partial charge >= 0.3 is 0 Å². The molecule has 0 spiro atoms. The van der Waals surface area contributed by atoms with Gasteiger partial charge in [-0.1, -0.05) is 5.16 Å². The molecule has 2 aromatic rings. The first kappa shape index (κ1) is 12.1. The first-order valence-corrected chi connectivity index (χ1v) is 5.87. The van der Waals surface area contributed by atoms with Crippen molar-refractivity contribution >= 4 is 15.9 Å². The molecule has 0 fully saturated rings. The minimum absolute atomic E-state index is 0.310. The van der Waals surface area contributed by atoms with E-state index in [9.17, 15) is 4.39 Å². The summed E-state index contributed by atoms with van der Waals surface area (Å²) in [7, 11) is 0. The van der Waals surface area contributed by atoms with Crippen LogP contribution in [0.1, 0.15) is 17.0 Å². The van der Waals surface area contributed by atoms with Crippen LogP contribution in [0.15, 0.2) is 27.2 Å². The molecule has 0 saturated heterocycles. The highest BCUT2D eigenvalue weighted by atomic mass is 79.9. The quantitative estimate of drug-likeness (QED) is 0.865. The third-order valence-corrected chi connectivity index (χ3v) is 3.06. The summed E-state index contributed by atoms with van der Waals surface area (Å²) in [4.78, 5) is 0. The third kappa shape index (κ3) is 2.66. The number of hydrogen-bond acceptors (Lipinski definition) is 3. The molecule has 90 valence electrons. The van der Waals surface area contributed by atoms with Crippen LogP contribution in [-0.4, -0.2) is 5.16 Å². The van der Waals surface area contributed by atoms with Crippen LogP contribution < -0.4 is 4.74 Å². The number of aromatic nitrogens is 1. The van der Waals surface area contributed by atoms with E-state index in [-0.39, 0.29) is 5.82 Å². The van der Waals surface area contributed by atoms with Crippen molar-refractivity contribution in [1.29, 1.82) is 0 Å². The van der Waals surface area contributed by atoms with Gasteiger partial charge in [0.15, 0.2) is 0 Å². The molecule has 0 aliphatic heterocycles. The van der Waals surface area contributed by atoms with Crippen molar-refractivity contribution in [3.8, 4) is 5.75 Å². The van der Waals surface area contributed by atoms with Crippen molar-refractivity contribution in [3.05, 3.63) is 45.5 Å². The van der Waals surface area contributed by atoms with Gasteiger partial charge in [-0.3, -0.25) is 0 Å². The molecule has 2 rings (SSSR count). The number of halogens is 2. The number of benzene rings is 1. The van der Waals surface area contributed by atoms with Gasteiger partial charge in [0.1, 0.15) is 23.9 Å². The number of hydrogen-bond donors (Lipinski definition) is 0. The van der Waals surface area contributed by atoms with Gasteiger partial charge in [0, 0.05) is 0 Å². The predicted octanol–water partition coefficient (Wildman–Crippen LogP) is 3.77. The summed E-state index contributed by atoms with van der Waals surface area (Å²) in [5.74, 6) is 1.02. The van der Waals surface area contributed by atoms with Crippen molar-refractivity contribution in [3.63, 3.8) is 0 Å². The Kier molecular flexibility index (Phi) is 3.47. The Labute approximate surface area is 107 Å². The van der Waals surface area contributed by atoms with E-state index in [1.165, 1.54) is 6.07 Å². The second kappa shape index (κ2) is 4.87. The first-order chi connectivity index (χ1) is 8.08. The second-order valence-corrected chi connectivity index (χ2v) is 4.52. The highest BCUT2D eigenvalue weighted by Crippen LogP contribution is 2.23. The Bertz CT molecular complexity index is 520. The molecule has 0 radical (unpaired) electrons. The maximum atomic E-state index is 13.0. The molecule has 0 amide bonds. The van der Waals surface area contributed by atoms with E-state index in [1.807, 2.05) is 13.8 Å². The van der Waals surface area contributed by atoms with E-state index < -0.39 is 0 Å². The summed E-state index contributed by atoms with van der Waals surface area (Å²) in [6.07, 6.45) is 0. The lowest BCUT2D eigenvalue weighted by Gasteiger charge is -2.06. The van der Waals surface area contributed by atoms with E-state index in [0.717, 1.165) is 17.0 Å². The number of rotatable bonds is 3. The van der Waals surface area contributed by atoms with Gasteiger partial charge in [-0.05, 0) is 48.0 Å². The monoisotopic (exact) mass is 299 g/mol. The first-order valence-electron chi connectivity index (χ1n) is 5.07. The Balaban J connectivity index is 2.10. The highest BCUT2D eigenvalue weighted by Gasteiger charge is 2.10. The van der Waals surface area contributed by atoms with Crippen molar-refractivity contribution in [2.75, 3.05) is 0 Å². The van der Waals surface area contributed by atoms with E-state index in [0.29, 0.717) is 16.8 Å². The molecule has 0 aliphatic rings. The van der Waals surface area contributed by atoms with E-state index in [2.05, 4.69) is 21.1 Å². The van der Waals surface area contributed by atoms with Crippen molar-refractivity contribution < 1.29 is 13.7 Å². The smallest absolute Gasteiger partial charge is 0.140 e. The Morgan fingerprint density at radius 3 is 2.76 bits per heavy atom. The van der Waals surface area contributed by atoms with Gasteiger partial charge in [0.25, 0.3) is 0 Å². The standard InChI is InChI=1S/C12H11BrFNO2/c1-7-10(8(2)17-15-7)6-16-9-3-4-12(14)11(13)5-9/h3-5H,6H2,1-2H3. The van der Waals surface area contributed by atoms with Crippen molar-refractivity contribution in [1.82, 2.24) is 5.16 Å². The van der Waals surface area contributed by atoms with Gasteiger partial charge in [-0.25, -0.2) is 4.39 Å². The number of aryl methyl sites for hydroxylation is 2. The molecule has 0 saturated carbocycles. The van der Waals surface area contributed by atoms with Gasteiger partial charge in [0.05, 0.1) is 15.7 Å². The zero-order valence-corrected chi connectivity index (χ0v) is 11.0. The molecule has 1 aromatic carbocycles. The van der Waals surface area contributed by atoms with E-state index in [4.69, 9.17) is 9.26 Å². The average molecular weight is 300 g/mol. The molecule has 17 heavy (non-hydrogen) atoms. The Hall–Kier alpha value is -1.36. The number of ether oxygens (including phenoxy) is 1. The molecular formula is C12H11BrFNO2. The molecule has 5 heteroatoms. The summed E-state index contributed by atoms with van der Waals surface area (Å²) >= 11 is 3.11. The van der Waals surface area contributed by atoms with Crippen molar-refractivity contribution in [2.24, 2.45) is 0 Å². The third-order valence-electron chi connectivity index (χ3n) is 2.46. The molecule has 0 bridgehead atoms. The zero-order chi connectivity index (χ0) is 12.4. The normalized spacial score (nSPS) is 10.6. The van der Waals surface area contributed by atoms with Crippen LogP contribution in [0, 0.1) is 19.7 Å². The Morgan fingerprint density at radius 2 is 2.18 bits per heavy atom. The van der Waals surface area contributed by atoms with Crippen LogP contribution in [0.3, 0.4) is 0 Å². The second-order valence-electron chi connectivity index (χ2n) is 3.67. The van der Waals surface area contributed by atoms with Gasteiger partial charge < -0.3 is 9.26 Å². The molecular weight excluding hydrogens is 289 g/mol. The maximum absolute atomic E-state index is 13.0. The van der Waals surface area contributed by atoms with Crippen LogP contribution in [0.5, 0.6) is 5.75 Å². The Morgan fingerprint density at radius 1 is 1.41 bits per heavy atom. The zero-order valence-electron chi connectivity index (χ0n) is 9.46. The topological polar surface area (TPSA) is 35.3 Å². The fourth-order valence-electron chi connectivity index (χ4n) is 1.43. The van der Waals surface area contributed by atoms with Gasteiger partial charge in [-0.2, -0.15) is 0 Å². The lowest BCUT2D eigenvalue weighted by atomic mass is 10.2. The molecule has 1 heterocycles. The molecule has 0 aliphatic carbocycles. The summed E-state index contributed by atoms with van der Waals surface area (Å²) in [6, 6.07) is 4.53. The fraction of sp³-hybridized carbons (Fsp3) is 0.250. The molecule has 0 unspecified atom stereocenters. The summed E-state index contributed by atoms with van der Waals surface area (Å²) < 4.78 is 24.0. The fourth-order valence-corrected chi connectivity index (χ4v) is 1.79. The SMILES string of the molecule is Cc1noc(C)c1COc1ccc(F)c(Br)c1. The van der Waals surface area contributed by atoms with Crippen LogP contribution >= 0.6 is 15.9 Å². The van der Waals surface area contributed by atoms with Gasteiger partial charge in [0.2, 0.25) is 0 Å². The molecule has 3 nitrogen and oxygen atoms in total. The minimum atomic E-state index is -0.310. The predicted molar refractivity (Wildman–Crippen MR) is 64.4 cm³/mol. The highest BCUT2D eigenvalue weighted by molar-refractivity contribution is 9.10. The maximum Gasteiger partial charge on any atom is 0.140 e. The molecule has 1 aromatic heterocycles. The van der Waals surface area contributed by atoms with Gasteiger partial charge in [-0.15, -0.1) is 0 Å². The van der Waals surface area contributed by atoms with Crippen LogP contribution in [0.25, 0.3) is 0 Å². The summed E-state index contributed by atoms with van der Waals surface area (Å²) in [6.45, 7) is 4.05. The van der Waals surface area contributed by atoms with Crippen LogP contribution in [-0.2, 0) is 6.61 Å². The lowest BCUT2D eigenvalue weighted by molar-refractivity contribution is 0.301. The molecule has 0 atom stereocenters. The average Bonchev–Trinajstić information content (AvgIpc) is 2.61. The van der Waals surface area contributed by atoms with E-state index >= 15 is 0 Å². The summed E-state index contributed by atoms with van der Waals surface area (Å²) in [5, 5.41) is 3.84. The largest absolute Gasteiger partial charge is 0.489 e. The number of nitrogens with zero attached hydrogens (tertiary/aromatic N) is 1. The van der Waals surface area contributed by atoms with E-state index in [1.54, 1.807) is 12.1 Å². The summed E-state index contributed by atoms with van der Waals surface area (Å²) in [5.41, 5.74) is 1.73.